The van der Waals surface area contributed by atoms with Crippen molar-refractivity contribution in [3.8, 4) is 10.4 Å². The fraction of sp³-hybridized carbons (Fsp3) is 0.522. The third kappa shape index (κ3) is 3.70. The van der Waals surface area contributed by atoms with Gasteiger partial charge < -0.3 is 14.7 Å². The van der Waals surface area contributed by atoms with Gasteiger partial charge >= 0.3 is 5.97 Å². The van der Waals surface area contributed by atoms with E-state index in [1.54, 1.807) is 18.4 Å². The van der Waals surface area contributed by atoms with Gasteiger partial charge in [0.1, 0.15) is 0 Å². The number of anilines is 1. The number of rotatable bonds is 5. The molecule has 1 fully saturated rings. The Morgan fingerprint density at radius 1 is 1.32 bits per heavy atom. The van der Waals surface area contributed by atoms with Gasteiger partial charge in [-0.1, -0.05) is 26.0 Å². The molecule has 1 atom stereocenters. The monoisotopic (exact) mass is 399 g/mol. The van der Waals surface area contributed by atoms with Gasteiger partial charge in [0.15, 0.2) is 0 Å². The van der Waals surface area contributed by atoms with Crippen molar-refractivity contribution < 1.29 is 14.6 Å². The summed E-state index contributed by atoms with van der Waals surface area (Å²) in [6, 6.07) is 8.46. The van der Waals surface area contributed by atoms with E-state index in [9.17, 15) is 9.90 Å². The molecule has 0 amide bonds. The van der Waals surface area contributed by atoms with Gasteiger partial charge in [-0.3, -0.25) is 0 Å². The van der Waals surface area contributed by atoms with Crippen LogP contribution in [0, 0.1) is 11.3 Å². The quantitative estimate of drug-likeness (QED) is 0.760. The molecule has 4 rings (SSSR count). The van der Waals surface area contributed by atoms with Gasteiger partial charge in [0, 0.05) is 41.6 Å². The van der Waals surface area contributed by atoms with Gasteiger partial charge in [-0.05, 0) is 54.4 Å². The molecule has 1 saturated heterocycles. The first kappa shape index (κ1) is 19.5. The zero-order valence-corrected chi connectivity index (χ0v) is 17.8. The van der Waals surface area contributed by atoms with E-state index in [0.717, 1.165) is 61.4 Å². The average Bonchev–Trinajstić information content (AvgIpc) is 3.25. The van der Waals surface area contributed by atoms with Crippen molar-refractivity contribution in [2.45, 2.75) is 39.5 Å². The van der Waals surface area contributed by atoms with Crippen molar-refractivity contribution in [1.29, 1.82) is 0 Å². The maximum Gasteiger partial charge on any atom is 0.337 e. The fourth-order valence-electron chi connectivity index (χ4n) is 4.61. The molecule has 0 radical (unpaired) electrons. The normalized spacial score (nSPS) is 21.0. The number of aryl methyl sites for hydroxylation is 1. The minimum Gasteiger partial charge on any atom is -0.478 e. The number of benzene rings is 1. The van der Waals surface area contributed by atoms with Crippen molar-refractivity contribution in [1.82, 2.24) is 0 Å². The van der Waals surface area contributed by atoms with Crippen molar-refractivity contribution >= 4 is 23.0 Å². The molecule has 0 unspecified atom stereocenters. The molecule has 1 N–H and O–H groups in total. The summed E-state index contributed by atoms with van der Waals surface area (Å²) < 4.78 is 5.30. The van der Waals surface area contributed by atoms with Crippen LogP contribution in [0.3, 0.4) is 0 Å². The zero-order chi connectivity index (χ0) is 19.9. The Kier molecular flexibility index (Phi) is 5.23. The second-order valence-corrected chi connectivity index (χ2v) is 10.1. The molecule has 150 valence electrons. The zero-order valence-electron chi connectivity index (χ0n) is 17.0. The molecule has 2 heterocycles. The van der Waals surface area contributed by atoms with E-state index in [4.69, 9.17) is 4.74 Å². The van der Waals surface area contributed by atoms with E-state index in [1.165, 1.54) is 10.6 Å². The second-order valence-electron chi connectivity index (χ2n) is 8.96. The summed E-state index contributed by atoms with van der Waals surface area (Å²) >= 11 is 1.68. The maximum absolute atomic E-state index is 12.1. The predicted octanol–water partition coefficient (Wildman–Crippen LogP) is 5.10. The van der Waals surface area contributed by atoms with E-state index >= 15 is 0 Å². The van der Waals surface area contributed by atoms with Crippen LogP contribution in [0.25, 0.3) is 10.4 Å². The first-order valence-electron chi connectivity index (χ1n) is 10.1. The molecule has 28 heavy (non-hydrogen) atoms. The number of carboxylic acids is 1. The molecule has 1 aliphatic heterocycles. The van der Waals surface area contributed by atoms with E-state index < -0.39 is 5.97 Å². The van der Waals surface area contributed by atoms with Crippen molar-refractivity contribution in [2.75, 3.05) is 31.7 Å². The van der Waals surface area contributed by atoms with E-state index in [1.807, 2.05) is 0 Å². The minimum atomic E-state index is -0.795. The van der Waals surface area contributed by atoms with Gasteiger partial charge in [-0.15, -0.1) is 11.3 Å². The lowest BCUT2D eigenvalue weighted by Crippen LogP contribution is -2.22. The highest BCUT2D eigenvalue weighted by atomic mass is 32.1. The summed E-state index contributed by atoms with van der Waals surface area (Å²) in [5.41, 5.74) is 4.00. The third-order valence-corrected chi connectivity index (χ3v) is 7.51. The number of methoxy groups -OCH3 is 1. The summed E-state index contributed by atoms with van der Waals surface area (Å²) in [7, 11) is 1.76. The Bertz CT molecular complexity index is 869. The molecule has 5 heteroatoms. The highest BCUT2D eigenvalue weighted by Gasteiger charge is 2.33. The van der Waals surface area contributed by atoms with E-state index in [0.29, 0.717) is 11.5 Å². The fourth-order valence-corrected chi connectivity index (χ4v) is 5.93. The van der Waals surface area contributed by atoms with Gasteiger partial charge in [-0.2, -0.15) is 0 Å². The minimum absolute atomic E-state index is 0.175. The Hall–Kier alpha value is -1.85. The first-order chi connectivity index (χ1) is 13.4. The number of thiophene rings is 1. The molecule has 2 aromatic rings. The van der Waals surface area contributed by atoms with Crippen LogP contribution >= 0.6 is 11.3 Å². The lowest BCUT2D eigenvalue weighted by Gasteiger charge is -2.29. The molecular weight excluding hydrogens is 370 g/mol. The van der Waals surface area contributed by atoms with Crippen LogP contribution in [0.1, 0.15) is 47.5 Å². The van der Waals surface area contributed by atoms with E-state index in [2.05, 4.69) is 43.0 Å². The summed E-state index contributed by atoms with van der Waals surface area (Å²) in [6.45, 7) is 7.36. The number of aromatic carboxylic acids is 1. The van der Waals surface area contributed by atoms with Crippen LogP contribution in [0.15, 0.2) is 24.3 Å². The topological polar surface area (TPSA) is 49.8 Å². The van der Waals surface area contributed by atoms with Crippen molar-refractivity contribution in [3.05, 3.63) is 40.3 Å². The summed E-state index contributed by atoms with van der Waals surface area (Å²) in [5.74, 6) is -0.202. The van der Waals surface area contributed by atoms with Crippen molar-refractivity contribution in [2.24, 2.45) is 11.3 Å². The highest BCUT2D eigenvalue weighted by Crippen LogP contribution is 2.45. The number of carboxylic acid groups (broad SMARTS) is 1. The number of nitrogens with zero attached hydrogens (tertiary/aromatic N) is 1. The molecular formula is C23H29NO3S. The molecule has 4 nitrogen and oxygen atoms in total. The lowest BCUT2D eigenvalue weighted by atomic mass is 9.76. The summed E-state index contributed by atoms with van der Waals surface area (Å²) in [6.07, 6.45) is 4.12. The molecule has 0 saturated carbocycles. The molecule has 1 aromatic heterocycles. The Morgan fingerprint density at radius 3 is 2.75 bits per heavy atom. The molecule has 2 aliphatic rings. The van der Waals surface area contributed by atoms with Crippen LogP contribution in [-0.4, -0.2) is 37.9 Å². The molecule has 0 spiro atoms. The van der Waals surface area contributed by atoms with Gasteiger partial charge in [0.2, 0.25) is 0 Å². The second kappa shape index (κ2) is 7.53. The number of carbonyl (C=O) groups is 1. The van der Waals surface area contributed by atoms with Crippen LogP contribution in [0.4, 0.5) is 5.69 Å². The van der Waals surface area contributed by atoms with E-state index in [-0.39, 0.29) is 5.41 Å². The Morgan fingerprint density at radius 2 is 2.07 bits per heavy atom. The Labute approximate surface area is 171 Å². The van der Waals surface area contributed by atoms with Gasteiger partial charge in [0.05, 0.1) is 12.2 Å². The van der Waals surface area contributed by atoms with Crippen LogP contribution in [-0.2, 0) is 17.6 Å². The molecule has 0 bridgehead atoms. The third-order valence-electron chi connectivity index (χ3n) is 6.17. The van der Waals surface area contributed by atoms with Crippen LogP contribution in [0.2, 0.25) is 0 Å². The number of hydrogen-bond acceptors (Lipinski definition) is 4. The van der Waals surface area contributed by atoms with Crippen LogP contribution < -0.4 is 4.90 Å². The molecule has 1 aromatic carbocycles. The van der Waals surface area contributed by atoms with Crippen molar-refractivity contribution in [3.63, 3.8) is 0 Å². The highest BCUT2D eigenvalue weighted by molar-refractivity contribution is 7.16. The van der Waals surface area contributed by atoms with Gasteiger partial charge in [-0.25, -0.2) is 4.79 Å². The van der Waals surface area contributed by atoms with Crippen LogP contribution in [0.5, 0.6) is 0 Å². The number of hydrogen-bond donors (Lipinski definition) is 1. The number of ether oxygens (including phenoxy) is 1. The smallest absolute Gasteiger partial charge is 0.337 e. The number of fused-ring (bicyclic) bond motifs is 1. The predicted molar refractivity (Wildman–Crippen MR) is 115 cm³/mol. The Balaban J connectivity index is 1.62. The van der Waals surface area contributed by atoms with Gasteiger partial charge in [0.25, 0.3) is 0 Å². The lowest BCUT2D eigenvalue weighted by molar-refractivity contribution is 0.0696. The summed E-state index contributed by atoms with van der Waals surface area (Å²) in [5, 5.41) is 9.94. The summed E-state index contributed by atoms with van der Waals surface area (Å²) in [4.78, 5) is 16.7. The SMILES string of the molecule is COC[C@H]1CCN(c2ccc(-c3sc4c(c3C(=O)O)CC(C)(C)CC4)cc2)C1. The largest absolute Gasteiger partial charge is 0.478 e. The first-order valence-corrected chi connectivity index (χ1v) is 10.9. The standard InChI is InChI=1S/C23H29NO3S/c1-23(2)10-8-19-18(12-23)20(22(25)26)21(28-19)16-4-6-17(7-5-16)24-11-9-15(13-24)14-27-3/h4-7,15H,8-14H2,1-3H3,(H,25,26)/t15-/m0/s1. The average molecular weight is 400 g/mol. The molecule has 1 aliphatic carbocycles. The maximum atomic E-state index is 12.1.